The zero-order valence-corrected chi connectivity index (χ0v) is 20.2. The molecule has 2 aromatic carbocycles. The Balaban J connectivity index is 1.33. The molecule has 2 heterocycles. The molecule has 2 fully saturated rings. The Morgan fingerprint density at radius 1 is 0.886 bits per heavy atom. The lowest BCUT2D eigenvalue weighted by Crippen LogP contribution is -2.48. The Morgan fingerprint density at radius 3 is 2.20 bits per heavy atom. The summed E-state index contributed by atoms with van der Waals surface area (Å²) in [7, 11) is 2.08. The van der Waals surface area contributed by atoms with E-state index >= 15 is 0 Å². The van der Waals surface area contributed by atoms with Crippen LogP contribution in [0.2, 0.25) is 0 Å². The Morgan fingerprint density at radius 2 is 1.54 bits per heavy atom. The maximum atomic E-state index is 13.8. The number of amides is 1. The monoisotopic (exact) mass is 489 g/mol. The fraction of sp³-hybridized carbons (Fsp3) is 0.500. The molecule has 2 N–H and O–H groups in total. The van der Waals surface area contributed by atoms with Crippen LogP contribution in [-0.4, -0.2) is 68.6 Å². The van der Waals surface area contributed by atoms with E-state index < -0.39 is 11.7 Å². The molecule has 0 aromatic heterocycles. The van der Waals surface area contributed by atoms with Crippen molar-refractivity contribution >= 4 is 23.0 Å². The number of piperazine rings is 1. The summed E-state index contributed by atoms with van der Waals surface area (Å²) >= 11 is 0. The van der Waals surface area contributed by atoms with Crippen LogP contribution < -0.4 is 15.5 Å². The molecule has 0 unspecified atom stereocenters. The molecule has 0 atom stereocenters. The molecule has 35 heavy (non-hydrogen) atoms. The van der Waals surface area contributed by atoms with Crippen LogP contribution in [-0.2, 0) is 17.5 Å². The van der Waals surface area contributed by atoms with Gasteiger partial charge in [0.25, 0.3) is 0 Å². The minimum Gasteiger partial charge on any atom is -0.371 e. The van der Waals surface area contributed by atoms with E-state index in [9.17, 15) is 18.0 Å². The first-order chi connectivity index (χ1) is 16.8. The van der Waals surface area contributed by atoms with E-state index in [0.29, 0.717) is 37.6 Å². The average molecular weight is 490 g/mol. The van der Waals surface area contributed by atoms with Crippen molar-refractivity contribution in [3.8, 4) is 0 Å². The fourth-order valence-corrected chi connectivity index (χ4v) is 4.59. The second-order valence-corrected chi connectivity index (χ2v) is 9.46. The standard InChI is InChI=1S/C26H34F3N5O/c1-32-13-15-33(16-14-32)19-25(35)30-18-20-5-7-21(8-6-20)31-22-9-10-24(23(17-22)26(27,28)29)34-11-3-2-4-12-34/h5-10,17,31H,2-4,11-16,18-19H2,1H3,(H,30,35). The number of halogens is 3. The maximum absolute atomic E-state index is 13.8. The predicted molar refractivity (Wildman–Crippen MR) is 133 cm³/mol. The molecular formula is C26H34F3N5O. The molecule has 0 bridgehead atoms. The number of nitrogens with zero attached hydrogens (tertiary/aromatic N) is 3. The molecule has 0 aliphatic carbocycles. The number of alkyl halides is 3. The minimum atomic E-state index is -4.42. The summed E-state index contributed by atoms with van der Waals surface area (Å²) in [6.45, 7) is 5.82. The van der Waals surface area contributed by atoms with Gasteiger partial charge in [-0.3, -0.25) is 9.69 Å². The topological polar surface area (TPSA) is 50.9 Å². The Hall–Kier alpha value is -2.78. The van der Waals surface area contributed by atoms with Crippen LogP contribution in [0, 0.1) is 0 Å². The van der Waals surface area contributed by atoms with E-state index in [2.05, 4.69) is 27.5 Å². The van der Waals surface area contributed by atoms with Crippen LogP contribution in [0.15, 0.2) is 42.5 Å². The lowest BCUT2D eigenvalue weighted by atomic mass is 10.1. The van der Waals surface area contributed by atoms with Gasteiger partial charge in [-0.2, -0.15) is 13.2 Å². The number of carbonyl (C=O) groups is 1. The highest BCUT2D eigenvalue weighted by Crippen LogP contribution is 2.39. The summed E-state index contributed by atoms with van der Waals surface area (Å²) in [5, 5.41) is 6.02. The number of anilines is 3. The number of hydrogen-bond acceptors (Lipinski definition) is 5. The number of likely N-dealkylation sites (N-methyl/N-ethyl adjacent to an activating group) is 1. The quantitative estimate of drug-likeness (QED) is 0.607. The molecule has 6 nitrogen and oxygen atoms in total. The molecule has 2 saturated heterocycles. The Labute approximate surface area is 205 Å². The van der Waals surface area contributed by atoms with Crippen LogP contribution in [0.25, 0.3) is 0 Å². The van der Waals surface area contributed by atoms with Gasteiger partial charge in [0.2, 0.25) is 5.91 Å². The van der Waals surface area contributed by atoms with E-state index in [1.165, 1.54) is 6.07 Å². The lowest BCUT2D eigenvalue weighted by molar-refractivity contribution is -0.137. The zero-order valence-electron chi connectivity index (χ0n) is 20.2. The first-order valence-corrected chi connectivity index (χ1v) is 12.3. The Bertz CT molecular complexity index is 981. The van der Waals surface area contributed by atoms with Gasteiger partial charge in [0.1, 0.15) is 0 Å². The summed E-state index contributed by atoms with van der Waals surface area (Å²) in [4.78, 5) is 18.5. The van der Waals surface area contributed by atoms with Gasteiger partial charge < -0.3 is 20.4 Å². The molecule has 2 aliphatic rings. The van der Waals surface area contributed by atoms with Crippen molar-refractivity contribution in [3.63, 3.8) is 0 Å². The minimum absolute atomic E-state index is 0.00905. The normalized spacial score (nSPS) is 17.9. The molecule has 9 heteroatoms. The van der Waals surface area contributed by atoms with Crippen molar-refractivity contribution < 1.29 is 18.0 Å². The van der Waals surface area contributed by atoms with E-state index in [-0.39, 0.29) is 11.6 Å². The molecular weight excluding hydrogens is 455 g/mol. The maximum Gasteiger partial charge on any atom is 0.418 e. The van der Waals surface area contributed by atoms with E-state index in [1.807, 2.05) is 29.2 Å². The highest BCUT2D eigenvalue weighted by atomic mass is 19.4. The van der Waals surface area contributed by atoms with Gasteiger partial charge in [0.05, 0.1) is 12.1 Å². The van der Waals surface area contributed by atoms with Gasteiger partial charge in [-0.25, -0.2) is 0 Å². The van der Waals surface area contributed by atoms with Crippen molar-refractivity contribution in [2.45, 2.75) is 32.0 Å². The SMILES string of the molecule is CN1CCN(CC(=O)NCc2ccc(Nc3ccc(N4CCCCC4)c(C(F)(F)F)c3)cc2)CC1. The van der Waals surface area contributed by atoms with Gasteiger partial charge in [-0.05, 0) is 62.2 Å². The van der Waals surface area contributed by atoms with Crippen LogP contribution in [0.5, 0.6) is 0 Å². The molecule has 0 saturated carbocycles. The number of nitrogens with one attached hydrogen (secondary N) is 2. The van der Waals surface area contributed by atoms with Crippen LogP contribution in [0.4, 0.5) is 30.2 Å². The van der Waals surface area contributed by atoms with Crippen molar-refractivity contribution in [2.24, 2.45) is 0 Å². The van der Waals surface area contributed by atoms with E-state index in [1.54, 1.807) is 12.1 Å². The van der Waals surface area contributed by atoms with Crippen molar-refractivity contribution in [3.05, 3.63) is 53.6 Å². The van der Waals surface area contributed by atoms with Gasteiger partial charge in [0.15, 0.2) is 0 Å². The van der Waals surface area contributed by atoms with Gasteiger partial charge >= 0.3 is 6.18 Å². The second kappa shape index (κ2) is 11.3. The van der Waals surface area contributed by atoms with Crippen LogP contribution in [0.3, 0.4) is 0 Å². The summed E-state index contributed by atoms with van der Waals surface area (Å²) in [6.07, 6.45) is -1.52. The number of piperidine rings is 1. The predicted octanol–water partition coefficient (Wildman–Crippen LogP) is 4.30. The first-order valence-electron chi connectivity index (χ1n) is 12.3. The fourth-order valence-electron chi connectivity index (χ4n) is 4.59. The summed E-state index contributed by atoms with van der Waals surface area (Å²) < 4.78 is 41.4. The highest BCUT2D eigenvalue weighted by Gasteiger charge is 2.35. The lowest BCUT2D eigenvalue weighted by Gasteiger charge is -2.31. The molecule has 0 radical (unpaired) electrons. The third kappa shape index (κ3) is 7.11. The largest absolute Gasteiger partial charge is 0.418 e. The highest BCUT2D eigenvalue weighted by molar-refractivity contribution is 5.78. The Kier molecular flexibility index (Phi) is 8.18. The van der Waals surface area contributed by atoms with Crippen LogP contribution in [0.1, 0.15) is 30.4 Å². The number of rotatable bonds is 7. The average Bonchev–Trinajstić information content (AvgIpc) is 2.85. The molecule has 4 rings (SSSR count). The van der Waals surface area contributed by atoms with E-state index in [4.69, 9.17) is 0 Å². The number of carbonyl (C=O) groups excluding carboxylic acids is 1. The molecule has 2 aromatic rings. The molecule has 1 amide bonds. The number of benzene rings is 2. The van der Waals surface area contributed by atoms with Crippen molar-refractivity contribution in [1.29, 1.82) is 0 Å². The van der Waals surface area contributed by atoms with Crippen molar-refractivity contribution in [2.75, 3.05) is 63.1 Å². The third-order valence-corrected chi connectivity index (χ3v) is 6.69. The summed E-state index contributed by atoms with van der Waals surface area (Å²) in [6, 6.07) is 11.8. The smallest absolute Gasteiger partial charge is 0.371 e. The first kappa shape index (κ1) is 25.3. The van der Waals surface area contributed by atoms with Gasteiger partial charge in [-0.15, -0.1) is 0 Å². The second-order valence-electron chi connectivity index (χ2n) is 9.46. The van der Waals surface area contributed by atoms with Gasteiger partial charge in [-0.1, -0.05) is 12.1 Å². The summed E-state index contributed by atoms with van der Waals surface area (Å²) in [5.41, 5.74) is 1.66. The molecule has 0 spiro atoms. The summed E-state index contributed by atoms with van der Waals surface area (Å²) in [5.74, 6) is -0.00905. The number of hydrogen-bond donors (Lipinski definition) is 2. The molecule has 190 valence electrons. The third-order valence-electron chi connectivity index (χ3n) is 6.69. The molecule has 2 aliphatic heterocycles. The van der Waals surface area contributed by atoms with Crippen molar-refractivity contribution in [1.82, 2.24) is 15.1 Å². The zero-order chi connectivity index (χ0) is 24.8. The van der Waals surface area contributed by atoms with Crippen LogP contribution >= 0.6 is 0 Å². The van der Waals surface area contributed by atoms with E-state index in [0.717, 1.165) is 51.0 Å². The van der Waals surface area contributed by atoms with Gasteiger partial charge in [0, 0.05) is 62.9 Å².